The van der Waals surface area contributed by atoms with Gasteiger partial charge in [0.25, 0.3) is 10.0 Å². The van der Waals surface area contributed by atoms with Crippen LogP contribution in [0.3, 0.4) is 0 Å². The Labute approximate surface area is 229 Å². The van der Waals surface area contributed by atoms with E-state index in [1.807, 2.05) is 44.2 Å². The predicted molar refractivity (Wildman–Crippen MR) is 148 cm³/mol. The molecule has 0 saturated heterocycles. The summed E-state index contributed by atoms with van der Waals surface area (Å²) < 4.78 is 47.3. The van der Waals surface area contributed by atoms with E-state index in [2.05, 4.69) is 5.32 Å². The van der Waals surface area contributed by atoms with Crippen LogP contribution in [-0.4, -0.2) is 50.9 Å². The molecular weight excluding hydrogens is 521 g/mol. The molecule has 3 aromatic rings. The highest BCUT2D eigenvalue weighted by molar-refractivity contribution is 7.92. The first-order valence-electron chi connectivity index (χ1n) is 12.6. The lowest BCUT2D eigenvalue weighted by molar-refractivity contribution is -0.139. The molecule has 0 fully saturated rings. The molecule has 0 aromatic heterocycles. The van der Waals surface area contributed by atoms with Gasteiger partial charge in [0.1, 0.15) is 24.2 Å². The maximum Gasteiger partial charge on any atom is 0.264 e. The van der Waals surface area contributed by atoms with E-state index in [0.717, 1.165) is 22.0 Å². The Morgan fingerprint density at radius 3 is 2.13 bits per heavy atom. The van der Waals surface area contributed by atoms with E-state index < -0.39 is 34.3 Å². The Morgan fingerprint density at radius 1 is 0.949 bits per heavy atom. The maximum atomic E-state index is 13.8. The first-order chi connectivity index (χ1) is 18.6. The molecule has 1 N–H and O–H groups in total. The lowest BCUT2D eigenvalue weighted by Gasteiger charge is -2.32. The van der Waals surface area contributed by atoms with Crippen LogP contribution in [0.2, 0.25) is 0 Å². The van der Waals surface area contributed by atoms with E-state index in [0.29, 0.717) is 12.2 Å². The minimum absolute atomic E-state index is 0.0717. The fraction of sp³-hybridized carbons (Fsp3) is 0.310. The van der Waals surface area contributed by atoms with E-state index in [-0.39, 0.29) is 29.1 Å². The Bertz CT molecular complexity index is 1350. The third-order valence-corrected chi connectivity index (χ3v) is 8.19. The van der Waals surface area contributed by atoms with Crippen LogP contribution in [0.15, 0.2) is 83.8 Å². The normalized spacial score (nSPS) is 12.7. The van der Waals surface area contributed by atoms with Gasteiger partial charge in [-0.2, -0.15) is 0 Å². The number of halogens is 1. The van der Waals surface area contributed by atoms with Crippen molar-refractivity contribution in [3.8, 4) is 5.75 Å². The van der Waals surface area contributed by atoms with E-state index in [4.69, 9.17) is 4.74 Å². The quantitative estimate of drug-likeness (QED) is 0.358. The summed E-state index contributed by atoms with van der Waals surface area (Å²) in [5, 5.41) is 2.89. The van der Waals surface area contributed by atoms with Crippen LogP contribution in [0.25, 0.3) is 0 Å². The Kier molecular flexibility index (Phi) is 10.1. The monoisotopic (exact) mass is 555 g/mol. The first kappa shape index (κ1) is 29.6. The number of carbonyl (C=O) groups is 2. The molecule has 3 aromatic carbocycles. The predicted octanol–water partition coefficient (Wildman–Crippen LogP) is 4.36. The van der Waals surface area contributed by atoms with Crippen molar-refractivity contribution in [2.45, 2.75) is 50.7 Å². The Hall–Kier alpha value is -3.92. The lowest BCUT2D eigenvalue weighted by atomic mass is 10.1. The summed E-state index contributed by atoms with van der Waals surface area (Å²) in [7, 11) is -2.79. The molecule has 0 saturated carbocycles. The molecule has 0 bridgehead atoms. The first-order valence-corrected chi connectivity index (χ1v) is 14.1. The van der Waals surface area contributed by atoms with Gasteiger partial charge in [-0.25, -0.2) is 12.8 Å². The molecule has 0 radical (unpaired) electrons. The highest BCUT2D eigenvalue weighted by Crippen LogP contribution is 2.26. The van der Waals surface area contributed by atoms with Gasteiger partial charge in [0.15, 0.2) is 0 Å². The highest BCUT2D eigenvalue weighted by atomic mass is 32.2. The molecule has 0 aliphatic carbocycles. The zero-order chi connectivity index (χ0) is 28.6. The largest absolute Gasteiger partial charge is 0.497 e. The van der Waals surface area contributed by atoms with Gasteiger partial charge in [0.05, 0.1) is 17.7 Å². The fourth-order valence-electron chi connectivity index (χ4n) is 3.84. The van der Waals surface area contributed by atoms with E-state index in [1.54, 1.807) is 6.92 Å². The van der Waals surface area contributed by atoms with Gasteiger partial charge in [-0.1, -0.05) is 37.3 Å². The summed E-state index contributed by atoms with van der Waals surface area (Å²) in [5.74, 6) is -1.02. The SMILES string of the molecule is CC[C@H](C)NC(=O)[C@H](C)N(Cc1ccccc1)C(=O)CN(c1ccc(F)cc1)S(=O)(=O)c1ccc(OC)cc1. The average molecular weight is 556 g/mol. The van der Waals surface area contributed by atoms with Crippen LogP contribution in [-0.2, 0) is 26.2 Å². The lowest BCUT2D eigenvalue weighted by Crippen LogP contribution is -2.52. The number of carbonyl (C=O) groups excluding carboxylic acids is 2. The third kappa shape index (κ3) is 7.57. The van der Waals surface area contributed by atoms with Gasteiger partial charge in [0, 0.05) is 12.6 Å². The number of benzene rings is 3. The number of anilines is 1. The molecule has 3 rings (SSSR count). The maximum absolute atomic E-state index is 13.8. The molecule has 10 heteroatoms. The van der Waals surface area contributed by atoms with Crippen molar-refractivity contribution in [1.82, 2.24) is 10.2 Å². The minimum atomic E-state index is -4.26. The van der Waals surface area contributed by atoms with Crippen LogP contribution in [0.4, 0.5) is 10.1 Å². The van der Waals surface area contributed by atoms with Gasteiger partial charge in [-0.05, 0) is 74.4 Å². The summed E-state index contributed by atoms with van der Waals surface area (Å²) >= 11 is 0. The second kappa shape index (κ2) is 13.2. The van der Waals surface area contributed by atoms with Crippen LogP contribution < -0.4 is 14.4 Å². The topological polar surface area (TPSA) is 96.0 Å². The van der Waals surface area contributed by atoms with Crippen molar-refractivity contribution < 1.29 is 27.1 Å². The third-order valence-electron chi connectivity index (χ3n) is 6.40. The number of sulfonamides is 1. The van der Waals surface area contributed by atoms with Crippen LogP contribution >= 0.6 is 0 Å². The second-order valence-corrected chi connectivity index (χ2v) is 11.0. The molecule has 2 atom stereocenters. The van der Waals surface area contributed by atoms with E-state index in [9.17, 15) is 22.4 Å². The summed E-state index contributed by atoms with van der Waals surface area (Å²) in [4.78, 5) is 28.1. The molecule has 208 valence electrons. The molecule has 0 spiro atoms. The highest BCUT2D eigenvalue weighted by Gasteiger charge is 2.32. The van der Waals surface area contributed by atoms with Gasteiger partial charge < -0.3 is 15.0 Å². The van der Waals surface area contributed by atoms with Crippen molar-refractivity contribution in [3.63, 3.8) is 0 Å². The number of nitrogens with one attached hydrogen (secondary N) is 1. The molecule has 0 aliphatic rings. The Morgan fingerprint density at radius 2 is 1.56 bits per heavy atom. The molecular formula is C29H34FN3O5S. The number of hydrogen-bond donors (Lipinski definition) is 1. The number of amides is 2. The molecule has 2 amide bonds. The number of rotatable bonds is 12. The van der Waals surface area contributed by atoms with Crippen LogP contribution in [0.5, 0.6) is 5.75 Å². The van der Waals surface area contributed by atoms with E-state index in [1.165, 1.54) is 48.4 Å². The summed E-state index contributed by atoms with van der Waals surface area (Å²) in [5.41, 5.74) is 0.886. The molecule has 0 aliphatic heterocycles. The van der Waals surface area contributed by atoms with Gasteiger partial charge in [-0.15, -0.1) is 0 Å². The second-order valence-electron chi connectivity index (χ2n) is 9.16. The number of hydrogen-bond acceptors (Lipinski definition) is 5. The van der Waals surface area contributed by atoms with Crippen molar-refractivity contribution in [2.75, 3.05) is 18.0 Å². The molecule has 39 heavy (non-hydrogen) atoms. The Balaban J connectivity index is 2.00. The van der Waals surface area contributed by atoms with Crippen molar-refractivity contribution in [3.05, 3.63) is 90.2 Å². The summed E-state index contributed by atoms with van der Waals surface area (Å²) in [6.07, 6.45) is 0.712. The number of nitrogens with zero attached hydrogens (tertiary/aromatic N) is 2. The number of ether oxygens (including phenoxy) is 1. The molecule has 0 unspecified atom stereocenters. The van der Waals surface area contributed by atoms with Crippen LogP contribution in [0, 0.1) is 5.82 Å². The average Bonchev–Trinajstić information content (AvgIpc) is 2.95. The zero-order valence-corrected chi connectivity index (χ0v) is 23.3. The fourth-order valence-corrected chi connectivity index (χ4v) is 5.25. The van der Waals surface area contributed by atoms with Gasteiger partial charge in [0.2, 0.25) is 11.8 Å². The summed E-state index contributed by atoms with van der Waals surface area (Å²) in [6, 6.07) is 18.7. The summed E-state index contributed by atoms with van der Waals surface area (Å²) in [6.45, 7) is 4.90. The van der Waals surface area contributed by atoms with Gasteiger partial charge in [-0.3, -0.25) is 13.9 Å². The van der Waals surface area contributed by atoms with E-state index >= 15 is 0 Å². The zero-order valence-electron chi connectivity index (χ0n) is 22.5. The van der Waals surface area contributed by atoms with Crippen molar-refractivity contribution >= 4 is 27.5 Å². The minimum Gasteiger partial charge on any atom is -0.497 e. The smallest absolute Gasteiger partial charge is 0.264 e. The van der Waals surface area contributed by atoms with Crippen molar-refractivity contribution in [2.24, 2.45) is 0 Å². The molecule has 8 nitrogen and oxygen atoms in total. The van der Waals surface area contributed by atoms with Crippen molar-refractivity contribution in [1.29, 1.82) is 0 Å². The van der Waals surface area contributed by atoms with Gasteiger partial charge >= 0.3 is 0 Å². The van der Waals surface area contributed by atoms with Crippen LogP contribution in [0.1, 0.15) is 32.8 Å². The standard InChI is InChI=1S/C29H34FN3O5S/c1-5-21(2)31-29(35)22(3)32(19-23-9-7-6-8-10-23)28(34)20-33(25-13-11-24(30)12-14-25)39(36,37)27-17-15-26(38-4)16-18-27/h6-18,21-22H,5,19-20H2,1-4H3,(H,31,35)/t21-,22-/m0/s1. The number of methoxy groups -OCH3 is 1. The molecule has 0 heterocycles.